The van der Waals surface area contributed by atoms with Crippen LogP contribution in [0.5, 0.6) is 0 Å². The highest BCUT2D eigenvalue weighted by Gasteiger charge is 2.14. The van der Waals surface area contributed by atoms with Crippen molar-refractivity contribution in [1.29, 1.82) is 0 Å². The first kappa shape index (κ1) is 14.3. The topological polar surface area (TPSA) is 102 Å². The summed E-state index contributed by atoms with van der Waals surface area (Å²) in [5.74, 6) is -0.115. The van der Waals surface area contributed by atoms with Crippen molar-refractivity contribution in [2.24, 2.45) is 5.14 Å². The van der Waals surface area contributed by atoms with Gasteiger partial charge in [-0.1, -0.05) is 12.1 Å². The lowest BCUT2D eigenvalue weighted by Crippen LogP contribution is -2.26. The van der Waals surface area contributed by atoms with E-state index in [2.05, 4.69) is 5.32 Å². The van der Waals surface area contributed by atoms with Crippen molar-refractivity contribution in [3.8, 4) is 0 Å². The van der Waals surface area contributed by atoms with Crippen LogP contribution in [0.25, 0.3) is 0 Å². The number of primary sulfonamides is 1. The van der Waals surface area contributed by atoms with Crippen molar-refractivity contribution in [3.05, 3.63) is 54.0 Å². The quantitative estimate of drug-likeness (QED) is 0.890. The average Bonchev–Trinajstić information content (AvgIpc) is 2.91. The van der Waals surface area contributed by atoms with Gasteiger partial charge in [-0.2, -0.15) is 0 Å². The van der Waals surface area contributed by atoms with E-state index < -0.39 is 10.0 Å². The van der Waals surface area contributed by atoms with E-state index in [1.54, 1.807) is 31.2 Å². The van der Waals surface area contributed by atoms with Crippen LogP contribution in [-0.4, -0.2) is 14.3 Å². The second-order valence-corrected chi connectivity index (χ2v) is 5.85. The number of sulfonamides is 1. The molecule has 106 valence electrons. The van der Waals surface area contributed by atoms with E-state index in [1.165, 1.54) is 18.4 Å². The van der Waals surface area contributed by atoms with Gasteiger partial charge < -0.3 is 9.73 Å². The molecule has 0 spiro atoms. The molecule has 1 heterocycles. The molecule has 3 N–H and O–H groups in total. The smallest absolute Gasteiger partial charge is 0.287 e. The highest BCUT2D eigenvalue weighted by molar-refractivity contribution is 7.89. The van der Waals surface area contributed by atoms with Crippen LogP contribution in [0.1, 0.15) is 29.1 Å². The van der Waals surface area contributed by atoms with Gasteiger partial charge in [0.2, 0.25) is 10.0 Å². The van der Waals surface area contributed by atoms with Crippen LogP contribution >= 0.6 is 0 Å². The molecule has 1 aromatic heterocycles. The van der Waals surface area contributed by atoms with Gasteiger partial charge >= 0.3 is 0 Å². The van der Waals surface area contributed by atoms with Crippen molar-refractivity contribution in [2.45, 2.75) is 17.9 Å². The molecular formula is C13H14N2O4S. The minimum absolute atomic E-state index is 0.0332. The lowest BCUT2D eigenvalue weighted by molar-refractivity contribution is 0.0912. The van der Waals surface area contributed by atoms with Crippen LogP contribution in [0, 0.1) is 0 Å². The van der Waals surface area contributed by atoms with Crippen LogP contribution < -0.4 is 10.5 Å². The van der Waals surface area contributed by atoms with E-state index in [-0.39, 0.29) is 22.6 Å². The van der Waals surface area contributed by atoms with Gasteiger partial charge in [0.15, 0.2) is 5.76 Å². The molecule has 1 amide bonds. The fraction of sp³-hybridized carbons (Fsp3) is 0.154. The fourth-order valence-corrected chi connectivity index (χ4v) is 2.22. The molecule has 0 radical (unpaired) electrons. The summed E-state index contributed by atoms with van der Waals surface area (Å²) in [5.41, 5.74) is 0.761. The lowest BCUT2D eigenvalue weighted by Gasteiger charge is -2.13. The van der Waals surface area contributed by atoms with Gasteiger partial charge in [-0.25, -0.2) is 13.6 Å². The molecule has 2 rings (SSSR count). The molecule has 0 saturated heterocycles. The molecule has 0 bridgehead atoms. The number of benzene rings is 1. The van der Waals surface area contributed by atoms with Gasteiger partial charge in [0.1, 0.15) is 0 Å². The predicted octanol–water partition coefficient (Wildman–Crippen LogP) is 1.42. The molecule has 1 aromatic carbocycles. The normalized spacial score (nSPS) is 12.9. The third-order valence-corrected chi connectivity index (χ3v) is 3.73. The number of hydrogen-bond donors (Lipinski definition) is 2. The molecule has 7 heteroatoms. The van der Waals surface area contributed by atoms with Gasteiger partial charge in [-0.3, -0.25) is 4.79 Å². The number of nitrogens with two attached hydrogens (primary N) is 1. The lowest BCUT2D eigenvalue weighted by atomic mass is 10.1. The summed E-state index contributed by atoms with van der Waals surface area (Å²) < 4.78 is 27.3. The zero-order valence-electron chi connectivity index (χ0n) is 10.7. The Hall–Kier alpha value is -2.12. The summed E-state index contributed by atoms with van der Waals surface area (Å²) in [4.78, 5) is 11.8. The average molecular weight is 294 g/mol. The maximum Gasteiger partial charge on any atom is 0.287 e. The zero-order valence-corrected chi connectivity index (χ0v) is 11.6. The van der Waals surface area contributed by atoms with Crippen molar-refractivity contribution in [2.75, 3.05) is 0 Å². The Bertz CT molecular complexity index is 690. The molecule has 0 saturated carbocycles. The Labute approximate surface area is 116 Å². The first-order valence-electron chi connectivity index (χ1n) is 5.85. The standard InChI is InChI=1S/C13H14N2O4S/c1-9(15-13(16)12-3-2-8-19-12)10-4-6-11(7-5-10)20(14,17)18/h2-9H,1H3,(H,15,16)(H2,14,17,18)/t9-/m0/s1. The number of rotatable bonds is 4. The number of carbonyl (C=O) groups is 1. The van der Waals surface area contributed by atoms with Crippen LogP contribution in [-0.2, 0) is 10.0 Å². The zero-order chi connectivity index (χ0) is 14.8. The molecule has 0 aliphatic heterocycles. The second kappa shape index (κ2) is 5.48. The van der Waals surface area contributed by atoms with E-state index in [1.807, 2.05) is 0 Å². The number of carbonyl (C=O) groups excluding carboxylic acids is 1. The highest BCUT2D eigenvalue weighted by atomic mass is 32.2. The van der Waals surface area contributed by atoms with Crippen molar-refractivity contribution >= 4 is 15.9 Å². The molecule has 6 nitrogen and oxygen atoms in total. The van der Waals surface area contributed by atoms with Gasteiger partial charge in [0.05, 0.1) is 17.2 Å². The molecule has 20 heavy (non-hydrogen) atoms. The van der Waals surface area contributed by atoms with E-state index in [0.717, 1.165) is 5.56 Å². The van der Waals surface area contributed by atoms with Gasteiger partial charge in [-0.05, 0) is 36.8 Å². The number of amides is 1. The van der Waals surface area contributed by atoms with Gasteiger partial charge in [-0.15, -0.1) is 0 Å². The third kappa shape index (κ3) is 3.25. The molecule has 0 aliphatic rings. The predicted molar refractivity (Wildman–Crippen MR) is 72.4 cm³/mol. The molecule has 0 fully saturated rings. The monoisotopic (exact) mass is 294 g/mol. The first-order chi connectivity index (χ1) is 9.38. The van der Waals surface area contributed by atoms with E-state index >= 15 is 0 Å². The Balaban J connectivity index is 2.10. The first-order valence-corrected chi connectivity index (χ1v) is 7.39. The van der Waals surface area contributed by atoms with Crippen LogP contribution in [0.3, 0.4) is 0 Å². The summed E-state index contributed by atoms with van der Waals surface area (Å²) in [6.07, 6.45) is 1.42. The van der Waals surface area contributed by atoms with E-state index in [4.69, 9.17) is 9.56 Å². The summed E-state index contributed by atoms with van der Waals surface area (Å²) in [7, 11) is -3.71. The highest BCUT2D eigenvalue weighted by Crippen LogP contribution is 2.16. The minimum atomic E-state index is -3.71. The van der Waals surface area contributed by atoms with Gasteiger partial charge in [0.25, 0.3) is 5.91 Å². The van der Waals surface area contributed by atoms with E-state index in [9.17, 15) is 13.2 Å². The minimum Gasteiger partial charge on any atom is -0.459 e. The third-order valence-electron chi connectivity index (χ3n) is 2.80. The van der Waals surface area contributed by atoms with E-state index in [0.29, 0.717) is 0 Å². The largest absolute Gasteiger partial charge is 0.459 e. The summed E-state index contributed by atoms with van der Waals surface area (Å²) in [5, 5.41) is 7.76. The Kier molecular flexibility index (Phi) is 3.91. The molecule has 1 atom stereocenters. The summed E-state index contributed by atoms with van der Waals surface area (Å²) in [6, 6.07) is 8.91. The second-order valence-electron chi connectivity index (χ2n) is 4.29. The van der Waals surface area contributed by atoms with Crippen molar-refractivity contribution in [3.63, 3.8) is 0 Å². The van der Waals surface area contributed by atoms with Crippen LogP contribution in [0.2, 0.25) is 0 Å². The Morgan fingerprint density at radius 1 is 1.25 bits per heavy atom. The van der Waals surface area contributed by atoms with Crippen LogP contribution in [0.15, 0.2) is 52.0 Å². The number of hydrogen-bond acceptors (Lipinski definition) is 4. The van der Waals surface area contributed by atoms with Gasteiger partial charge in [0, 0.05) is 0 Å². The molecular weight excluding hydrogens is 280 g/mol. The maximum atomic E-state index is 11.8. The molecule has 0 aliphatic carbocycles. The SMILES string of the molecule is C[C@H](NC(=O)c1ccco1)c1ccc(S(N)(=O)=O)cc1. The Morgan fingerprint density at radius 3 is 2.40 bits per heavy atom. The fourth-order valence-electron chi connectivity index (χ4n) is 1.71. The van der Waals surface area contributed by atoms with Crippen molar-refractivity contribution in [1.82, 2.24) is 5.32 Å². The summed E-state index contributed by atoms with van der Waals surface area (Å²) in [6.45, 7) is 1.78. The number of nitrogens with one attached hydrogen (secondary N) is 1. The maximum absolute atomic E-state index is 11.8. The molecule has 2 aromatic rings. The van der Waals surface area contributed by atoms with Crippen LogP contribution in [0.4, 0.5) is 0 Å². The Morgan fingerprint density at radius 2 is 1.90 bits per heavy atom. The van der Waals surface area contributed by atoms with Crippen molar-refractivity contribution < 1.29 is 17.6 Å². The summed E-state index contributed by atoms with van der Waals surface area (Å²) >= 11 is 0. The molecule has 0 unspecified atom stereocenters. The number of furan rings is 1.